The van der Waals surface area contributed by atoms with E-state index in [9.17, 15) is 24.5 Å². The lowest BCUT2D eigenvalue weighted by Gasteiger charge is -2.29. The fraction of sp³-hybridized carbons (Fsp3) is 0.645. The molecule has 0 saturated heterocycles. The van der Waals surface area contributed by atoms with Crippen LogP contribution < -0.4 is 10.2 Å². The van der Waals surface area contributed by atoms with E-state index in [2.05, 4.69) is 22.2 Å². The second-order valence-electron chi connectivity index (χ2n) is 13.1. The minimum atomic E-state index is -0.688. The molecule has 1 aromatic heterocycles. The number of carbonyl (C=O) groups is 3. The van der Waals surface area contributed by atoms with Gasteiger partial charge in [-0.2, -0.15) is 0 Å². The molecule has 262 valence electrons. The number of aromatic nitrogens is 2. The van der Waals surface area contributed by atoms with Crippen LogP contribution in [-0.4, -0.2) is 101 Å². The van der Waals surface area contributed by atoms with Gasteiger partial charge in [-0.05, 0) is 90.5 Å². The number of alkyl carbamates (subject to hydrolysis) is 1. The highest BCUT2D eigenvalue weighted by Crippen LogP contribution is 2.30. The van der Waals surface area contributed by atoms with Gasteiger partial charge in [-0.3, -0.25) is 10.1 Å². The maximum atomic E-state index is 13.1. The molecule has 3 amide bonds. The molecular weight excluding hydrogens is 614 g/mol. The smallest absolute Gasteiger partial charge is 0.414 e. The Balaban J connectivity index is 1.97. The van der Waals surface area contributed by atoms with Crippen molar-refractivity contribution in [3.8, 4) is 0 Å². The van der Waals surface area contributed by atoms with E-state index in [1.807, 2.05) is 11.9 Å². The fourth-order valence-electron chi connectivity index (χ4n) is 4.42. The minimum Gasteiger partial charge on any atom is -0.444 e. The molecule has 1 N–H and O–H groups in total. The zero-order valence-electron chi connectivity index (χ0n) is 28.8. The molecule has 2 aromatic rings. The number of benzene rings is 1. The highest BCUT2D eigenvalue weighted by atomic mass is 16.6. The molecule has 0 unspecified atom stereocenters. The summed E-state index contributed by atoms with van der Waals surface area (Å²) in [5.41, 5.74) is -0.541. The molecule has 0 radical (unpaired) electrons. The van der Waals surface area contributed by atoms with Crippen LogP contribution in [-0.2, 0) is 14.2 Å². The summed E-state index contributed by atoms with van der Waals surface area (Å²) in [6, 6.07) is 2.95. The summed E-state index contributed by atoms with van der Waals surface area (Å²) in [6.45, 7) is 18.2. The number of fused-ring (bicyclic) bond motifs is 1. The number of anilines is 1. The number of nitro groups is 1. The number of allylic oxidation sites excluding steroid dienone is 1. The maximum Gasteiger partial charge on any atom is 0.414 e. The van der Waals surface area contributed by atoms with E-state index in [1.54, 1.807) is 64.3 Å². The number of rotatable bonds is 16. The van der Waals surface area contributed by atoms with Gasteiger partial charge in [0.1, 0.15) is 11.2 Å². The van der Waals surface area contributed by atoms with Crippen LogP contribution in [0.1, 0.15) is 74.1 Å². The predicted octanol–water partition coefficient (Wildman–Crippen LogP) is 5.86. The molecule has 0 aliphatic carbocycles. The number of carbonyl (C=O) groups excluding carboxylic acids is 3. The molecule has 1 aromatic carbocycles. The summed E-state index contributed by atoms with van der Waals surface area (Å²) in [7, 11) is 1.81. The van der Waals surface area contributed by atoms with Crippen LogP contribution in [0, 0.1) is 10.1 Å². The van der Waals surface area contributed by atoms with Gasteiger partial charge in [0.15, 0.2) is 5.52 Å². The predicted molar refractivity (Wildman–Crippen MR) is 175 cm³/mol. The number of ether oxygens (including phenoxy) is 3. The zero-order chi connectivity index (χ0) is 35.4. The van der Waals surface area contributed by atoms with Gasteiger partial charge in [-0.15, -0.1) is 0 Å². The van der Waals surface area contributed by atoms with E-state index in [-0.39, 0.29) is 22.5 Å². The molecule has 0 saturated carbocycles. The van der Waals surface area contributed by atoms with Crippen molar-refractivity contribution < 1.29 is 38.1 Å². The van der Waals surface area contributed by atoms with Crippen molar-refractivity contribution in [3.05, 3.63) is 34.6 Å². The third-order valence-corrected chi connectivity index (χ3v) is 6.45. The van der Waals surface area contributed by atoms with Crippen LogP contribution in [0.5, 0.6) is 0 Å². The van der Waals surface area contributed by atoms with Crippen molar-refractivity contribution in [2.45, 2.75) is 85.4 Å². The molecule has 1 heterocycles. The largest absolute Gasteiger partial charge is 0.444 e. The molecule has 47 heavy (non-hydrogen) atoms. The third kappa shape index (κ3) is 13.7. The molecule has 16 nitrogen and oxygen atoms in total. The Morgan fingerprint density at radius 2 is 1.43 bits per heavy atom. The van der Waals surface area contributed by atoms with Crippen LogP contribution in [0.25, 0.3) is 11.0 Å². The lowest BCUT2D eigenvalue weighted by Crippen LogP contribution is -2.39. The average molecular weight is 664 g/mol. The van der Waals surface area contributed by atoms with Crippen LogP contribution in [0.15, 0.2) is 29.1 Å². The summed E-state index contributed by atoms with van der Waals surface area (Å²) >= 11 is 0. The first-order chi connectivity index (χ1) is 21.9. The highest BCUT2D eigenvalue weighted by molar-refractivity contribution is 5.93. The molecule has 0 spiro atoms. The van der Waals surface area contributed by atoms with Crippen molar-refractivity contribution in [2.24, 2.45) is 0 Å². The Kier molecular flexibility index (Phi) is 14.2. The maximum absolute atomic E-state index is 13.1. The molecular formula is C31H49N7O9. The first kappa shape index (κ1) is 38.6. The van der Waals surface area contributed by atoms with E-state index in [1.165, 1.54) is 6.07 Å². The van der Waals surface area contributed by atoms with Gasteiger partial charge in [0, 0.05) is 52.4 Å². The molecule has 0 fully saturated rings. The Bertz CT molecular complexity index is 1380. The number of nitrogens with one attached hydrogen (secondary N) is 1. The number of non-ortho nitro benzene ring substituents is 1. The average Bonchev–Trinajstić information content (AvgIpc) is 3.42. The Labute approximate surface area is 275 Å². The summed E-state index contributed by atoms with van der Waals surface area (Å²) in [5, 5.41) is 21.5. The van der Waals surface area contributed by atoms with Gasteiger partial charge in [0.05, 0.1) is 16.4 Å². The molecule has 16 heteroatoms. The monoisotopic (exact) mass is 663 g/mol. The first-order valence-electron chi connectivity index (χ1n) is 15.6. The normalized spacial score (nSPS) is 11.5. The van der Waals surface area contributed by atoms with Crippen LogP contribution in [0.4, 0.5) is 25.8 Å². The Hall–Kier alpha value is -4.63. The fourth-order valence-corrected chi connectivity index (χ4v) is 4.42. The van der Waals surface area contributed by atoms with Crippen molar-refractivity contribution in [2.75, 3.05) is 51.2 Å². The van der Waals surface area contributed by atoms with E-state index >= 15 is 0 Å². The van der Waals surface area contributed by atoms with Gasteiger partial charge in [0.2, 0.25) is 5.52 Å². The Morgan fingerprint density at radius 1 is 0.872 bits per heavy atom. The topological polar surface area (TPSA) is 183 Å². The van der Waals surface area contributed by atoms with E-state index < -0.39 is 34.4 Å². The lowest BCUT2D eigenvalue weighted by atomic mass is 10.2. The number of unbranched alkanes of at least 4 members (excludes halogenated alkanes) is 1. The van der Waals surface area contributed by atoms with E-state index in [4.69, 9.17) is 18.8 Å². The van der Waals surface area contributed by atoms with Gasteiger partial charge in [-0.25, -0.2) is 19.0 Å². The number of nitro benzene ring substituents is 1. The van der Waals surface area contributed by atoms with Crippen LogP contribution in [0.2, 0.25) is 0 Å². The SMILES string of the molecule is C=C(C)OC(=O)N(CCCCN(CCCN(C)c1ccc([N+](=O)[O-])c2nonc12)C(=O)OC(C)(C)C)CCCNC(=O)OC(C)(C)C. The van der Waals surface area contributed by atoms with Gasteiger partial charge in [0.25, 0.3) is 0 Å². The summed E-state index contributed by atoms with van der Waals surface area (Å²) < 4.78 is 20.9. The van der Waals surface area contributed by atoms with Crippen molar-refractivity contribution in [3.63, 3.8) is 0 Å². The lowest BCUT2D eigenvalue weighted by molar-refractivity contribution is -0.383. The van der Waals surface area contributed by atoms with Crippen molar-refractivity contribution in [1.29, 1.82) is 0 Å². The van der Waals surface area contributed by atoms with Gasteiger partial charge in [-0.1, -0.05) is 6.58 Å². The second-order valence-corrected chi connectivity index (χ2v) is 13.1. The zero-order valence-corrected chi connectivity index (χ0v) is 28.8. The number of hydrogen-bond donors (Lipinski definition) is 1. The second kappa shape index (κ2) is 17.3. The molecule has 2 rings (SSSR count). The standard InChI is InChI=1S/C31H49N7O9/c1-22(2)44-28(40)36(20-12-16-32-27(39)45-30(3,4)5)18-10-11-19-37(29(41)46-31(6,7)8)21-13-17-35(9)23-14-15-24(38(42)43)26-25(23)33-47-34-26/h14-15H,1,10-13,16-21H2,2-9H3,(H,32,39). The first-order valence-corrected chi connectivity index (χ1v) is 15.6. The quantitative estimate of drug-likeness (QED) is 0.0743. The number of amides is 3. The molecule has 0 bridgehead atoms. The minimum absolute atomic E-state index is 0.0650. The number of nitrogens with zero attached hydrogens (tertiary/aromatic N) is 6. The highest BCUT2D eigenvalue weighted by Gasteiger charge is 2.24. The van der Waals surface area contributed by atoms with Crippen LogP contribution in [0.3, 0.4) is 0 Å². The van der Waals surface area contributed by atoms with Gasteiger partial charge < -0.3 is 34.2 Å². The molecule has 0 aliphatic heterocycles. The van der Waals surface area contributed by atoms with Crippen molar-refractivity contribution in [1.82, 2.24) is 25.4 Å². The van der Waals surface area contributed by atoms with Crippen molar-refractivity contribution >= 4 is 40.7 Å². The third-order valence-electron chi connectivity index (χ3n) is 6.45. The molecule has 0 atom stereocenters. The Morgan fingerprint density at radius 3 is 2.00 bits per heavy atom. The summed E-state index contributed by atoms with van der Waals surface area (Å²) in [4.78, 5) is 53.5. The summed E-state index contributed by atoms with van der Waals surface area (Å²) in [5.74, 6) is 0.266. The number of hydrogen-bond acceptors (Lipinski definition) is 12. The molecule has 0 aliphatic rings. The van der Waals surface area contributed by atoms with E-state index in [0.717, 1.165) is 0 Å². The summed E-state index contributed by atoms with van der Waals surface area (Å²) in [6.07, 6.45) is 0.668. The van der Waals surface area contributed by atoms with Gasteiger partial charge >= 0.3 is 24.0 Å². The van der Waals surface area contributed by atoms with E-state index in [0.29, 0.717) is 70.6 Å². The van der Waals surface area contributed by atoms with Crippen LogP contribution >= 0.6 is 0 Å².